The quantitative estimate of drug-likeness (QED) is 0.240. The molecule has 4 N–H and O–H groups in total. The Labute approximate surface area is 181 Å². The van der Waals surface area contributed by atoms with Crippen LogP contribution < -0.4 is 10.4 Å². The fraction of sp³-hybridized carbons (Fsp3) is 0.300. The standard InChI is InChI=1S/C20H22ClF3N6O/c1-10(9-29(2)3)8-26-20-27-17-12(7-15(23)16(24)18(17)28-20)19(25)30(31)11-4-5-14(22)13(21)6-11/h4-7,10,25,31H,8-9H2,1-3H3,(H2,26,27,28). The smallest absolute Gasteiger partial charge is 0.201 e. The lowest BCUT2D eigenvalue weighted by molar-refractivity contribution is 0.312. The van der Waals surface area contributed by atoms with Crippen molar-refractivity contribution in [2.75, 3.05) is 37.6 Å². The van der Waals surface area contributed by atoms with Crippen molar-refractivity contribution >= 4 is 40.1 Å². The number of aromatic nitrogens is 2. The number of aromatic amines is 1. The highest BCUT2D eigenvalue weighted by Gasteiger charge is 2.23. The van der Waals surface area contributed by atoms with Crippen LogP contribution in [0.2, 0.25) is 5.02 Å². The van der Waals surface area contributed by atoms with E-state index < -0.39 is 23.3 Å². The fourth-order valence-corrected chi connectivity index (χ4v) is 3.37. The number of nitrogens with zero attached hydrogens (tertiary/aromatic N) is 3. The van der Waals surface area contributed by atoms with Crippen LogP contribution in [0.3, 0.4) is 0 Å². The number of hydroxylamine groups is 1. The average Bonchev–Trinajstić information content (AvgIpc) is 3.14. The van der Waals surface area contributed by atoms with Gasteiger partial charge >= 0.3 is 0 Å². The van der Waals surface area contributed by atoms with Crippen molar-refractivity contribution in [3.63, 3.8) is 0 Å². The number of hydrogen-bond donors (Lipinski definition) is 4. The first-order valence-electron chi connectivity index (χ1n) is 9.37. The largest absolute Gasteiger partial charge is 0.355 e. The molecule has 1 atom stereocenters. The maximum atomic E-state index is 14.3. The van der Waals surface area contributed by atoms with Crippen molar-refractivity contribution in [1.82, 2.24) is 14.9 Å². The molecule has 0 saturated carbocycles. The van der Waals surface area contributed by atoms with Crippen LogP contribution >= 0.6 is 11.6 Å². The lowest BCUT2D eigenvalue weighted by Crippen LogP contribution is -2.27. The van der Waals surface area contributed by atoms with Crippen molar-refractivity contribution in [2.45, 2.75) is 6.92 Å². The Balaban J connectivity index is 1.94. The van der Waals surface area contributed by atoms with E-state index in [0.29, 0.717) is 11.6 Å². The summed E-state index contributed by atoms with van der Waals surface area (Å²) in [7, 11) is 3.89. The van der Waals surface area contributed by atoms with Crippen molar-refractivity contribution in [1.29, 1.82) is 5.41 Å². The minimum Gasteiger partial charge on any atom is -0.355 e. The van der Waals surface area contributed by atoms with Crippen molar-refractivity contribution in [3.05, 3.63) is 52.3 Å². The highest BCUT2D eigenvalue weighted by atomic mass is 35.5. The molecule has 0 fully saturated rings. The third-order valence-corrected chi connectivity index (χ3v) is 4.86. The number of rotatable bonds is 7. The summed E-state index contributed by atoms with van der Waals surface area (Å²) in [5.41, 5.74) is -0.449. The molecule has 0 bridgehead atoms. The van der Waals surface area contributed by atoms with Crippen molar-refractivity contribution in [3.8, 4) is 0 Å². The number of H-pyrrole nitrogens is 1. The first-order chi connectivity index (χ1) is 14.6. The van der Waals surface area contributed by atoms with Crippen LogP contribution in [0.15, 0.2) is 24.3 Å². The monoisotopic (exact) mass is 454 g/mol. The molecule has 1 aromatic heterocycles. The number of nitrogens with one attached hydrogen (secondary N) is 3. The summed E-state index contributed by atoms with van der Waals surface area (Å²) in [6.07, 6.45) is 0. The van der Waals surface area contributed by atoms with Gasteiger partial charge in [0.15, 0.2) is 17.5 Å². The molecule has 3 rings (SSSR count). The second-order valence-corrected chi connectivity index (χ2v) is 7.94. The summed E-state index contributed by atoms with van der Waals surface area (Å²) in [6, 6.07) is 4.10. The second kappa shape index (κ2) is 9.13. The van der Waals surface area contributed by atoms with Crippen LogP contribution in [0.4, 0.5) is 24.8 Å². The number of hydrogen-bond acceptors (Lipinski definition) is 5. The van der Waals surface area contributed by atoms with E-state index in [2.05, 4.69) is 15.3 Å². The Bertz CT molecular complexity index is 1120. The summed E-state index contributed by atoms with van der Waals surface area (Å²) >= 11 is 5.72. The van der Waals surface area contributed by atoms with Crippen LogP contribution in [-0.4, -0.2) is 53.1 Å². The van der Waals surface area contributed by atoms with E-state index in [1.54, 1.807) is 0 Å². The van der Waals surface area contributed by atoms with E-state index in [0.717, 1.165) is 24.7 Å². The number of benzene rings is 2. The van der Waals surface area contributed by atoms with Gasteiger partial charge in [0.25, 0.3) is 0 Å². The van der Waals surface area contributed by atoms with E-state index in [1.165, 1.54) is 6.07 Å². The minimum absolute atomic E-state index is 0.0235. The molecule has 7 nitrogen and oxygen atoms in total. The van der Waals surface area contributed by atoms with E-state index in [9.17, 15) is 18.4 Å². The van der Waals surface area contributed by atoms with Gasteiger partial charge in [-0.3, -0.25) is 10.6 Å². The minimum atomic E-state index is -1.23. The maximum Gasteiger partial charge on any atom is 0.201 e. The Hall–Kier alpha value is -2.82. The van der Waals surface area contributed by atoms with Gasteiger partial charge in [-0.1, -0.05) is 18.5 Å². The van der Waals surface area contributed by atoms with Crippen LogP contribution in [0.1, 0.15) is 12.5 Å². The molecule has 2 aromatic carbocycles. The predicted octanol–water partition coefficient (Wildman–Crippen LogP) is 4.46. The number of halogens is 4. The molecular formula is C20H22ClF3N6O. The summed E-state index contributed by atoms with van der Waals surface area (Å²) < 4.78 is 41.9. The Kier molecular flexibility index (Phi) is 6.73. The lowest BCUT2D eigenvalue weighted by atomic mass is 10.1. The molecule has 0 aliphatic heterocycles. The van der Waals surface area contributed by atoms with Crippen LogP contribution in [0.25, 0.3) is 11.0 Å². The molecule has 3 aromatic rings. The molecule has 31 heavy (non-hydrogen) atoms. The Morgan fingerprint density at radius 1 is 1.26 bits per heavy atom. The van der Waals surface area contributed by atoms with Crippen molar-refractivity contribution < 1.29 is 18.4 Å². The second-order valence-electron chi connectivity index (χ2n) is 7.54. The molecule has 166 valence electrons. The van der Waals surface area contributed by atoms with E-state index in [4.69, 9.17) is 17.0 Å². The van der Waals surface area contributed by atoms with Gasteiger partial charge in [-0.15, -0.1) is 0 Å². The molecule has 0 spiro atoms. The van der Waals surface area contributed by atoms with E-state index >= 15 is 0 Å². The average molecular weight is 455 g/mol. The van der Waals surface area contributed by atoms with Gasteiger partial charge in [-0.25, -0.2) is 23.2 Å². The molecule has 0 saturated heterocycles. The fourth-order valence-electron chi connectivity index (χ4n) is 3.19. The first kappa shape index (κ1) is 22.9. The number of amidine groups is 1. The normalized spacial score (nSPS) is 12.4. The number of fused-ring (bicyclic) bond motifs is 1. The molecule has 0 radical (unpaired) electrons. The van der Waals surface area contributed by atoms with E-state index in [-0.39, 0.29) is 39.2 Å². The van der Waals surface area contributed by atoms with Gasteiger partial charge < -0.3 is 15.2 Å². The first-order valence-corrected chi connectivity index (χ1v) is 9.75. The molecule has 0 aliphatic rings. The number of imidazole rings is 1. The summed E-state index contributed by atoms with van der Waals surface area (Å²) in [5.74, 6) is -3.23. The zero-order chi connectivity index (χ0) is 22.9. The van der Waals surface area contributed by atoms with Gasteiger partial charge in [0.1, 0.15) is 11.3 Å². The van der Waals surface area contributed by atoms with Gasteiger partial charge in [-0.2, -0.15) is 0 Å². The van der Waals surface area contributed by atoms with Gasteiger partial charge in [0.2, 0.25) is 5.95 Å². The van der Waals surface area contributed by atoms with Gasteiger partial charge in [0.05, 0.1) is 16.2 Å². The van der Waals surface area contributed by atoms with Crippen LogP contribution in [0.5, 0.6) is 0 Å². The predicted molar refractivity (Wildman–Crippen MR) is 115 cm³/mol. The third-order valence-electron chi connectivity index (χ3n) is 4.57. The highest BCUT2D eigenvalue weighted by molar-refractivity contribution is 6.31. The van der Waals surface area contributed by atoms with Gasteiger partial charge in [-0.05, 0) is 44.3 Å². The third kappa shape index (κ3) is 4.92. The highest BCUT2D eigenvalue weighted by Crippen LogP contribution is 2.28. The SMILES string of the molecule is CC(CNc1nc2c(F)c(F)cc(C(=N)N(O)c3ccc(F)c(Cl)c3)c2[nH]1)CN(C)C. The molecule has 11 heteroatoms. The Morgan fingerprint density at radius 2 is 1.97 bits per heavy atom. The Morgan fingerprint density at radius 3 is 2.61 bits per heavy atom. The summed E-state index contributed by atoms with van der Waals surface area (Å²) in [6.45, 7) is 3.36. The zero-order valence-corrected chi connectivity index (χ0v) is 17.9. The molecule has 0 amide bonds. The van der Waals surface area contributed by atoms with Crippen molar-refractivity contribution in [2.24, 2.45) is 5.92 Å². The molecule has 0 aliphatic carbocycles. The summed E-state index contributed by atoms with van der Waals surface area (Å²) in [4.78, 5) is 8.93. The lowest BCUT2D eigenvalue weighted by Gasteiger charge is -2.18. The summed E-state index contributed by atoms with van der Waals surface area (Å²) in [5, 5.41) is 21.8. The van der Waals surface area contributed by atoms with Crippen LogP contribution in [-0.2, 0) is 0 Å². The molecular weight excluding hydrogens is 433 g/mol. The van der Waals surface area contributed by atoms with Gasteiger partial charge in [0, 0.05) is 18.7 Å². The van der Waals surface area contributed by atoms with E-state index in [1.807, 2.05) is 25.9 Å². The number of anilines is 2. The topological polar surface area (TPSA) is 91.3 Å². The van der Waals surface area contributed by atoms with Crippen LogP contribution in [0, 0.1) is 28.8 Å². The molecule has 1 heterocycles. The molecule has 1 unspecified atom stereocenters. The maximum absolute atomic E-state index is 14.3. The zero-order valence-electron chi connectivity index (χ0n) is 17.1.